The second-order valence-corrected chi connectivity index (χ2v) is 8.22. The van der Waals surface area contributed by atoms with Gasteiger partial charge in [-0.25, -0.2) is 0 Å². The number of fused-ring (bicyclic) bond motifs is 1. The molecule has 5 heteroatoms. The van der Waals surface area contributed by atoms with Crippen LogP contribution in [0.3, 0.4) is 0 Å². The van der Waals surface area contributed by atoms with Gasteiger partial charge in [0, 0.05) is 22.5 Å². The molecule has 0 aliphatic carbocycles. The molecule has 142 valence electrons. The smallest absolute Gasteiger partial charge is 0.166 e. The topological polar surface area (TPSA) is 38.8 Å². The van der Waals surface area contributed by atoms with E-state index in [-0.39, 0.29) is 11.7 Å². The van der Waals surface area contributed by atoms with Crippen LogP contribution in [0.2, 0.25) is 0 Å². The average molecular weight is 430 g/mol. The van der Waals surface area contributed by atoms with Crippen molar-refractivity contribution < 1.29 is 14.3 Å². The van der Waals surface area contributed by atoms with Crippen LogP contribution in [0, 0.1) is 12.8 Å². The molecule has 1 fully saturated rings. The Morgan fingerprint density at radius 2 is 1.70 bits per heavy atom. The first-order valence-corrected chi connectivity index (χ1v) is 10.3. The Hall–Kier alpha value is -1.85. The van der Waals surface area contributed by atoms with E-state index in [0.29, 0.717) is 13.2 Å². The van der Waals surface area contributed by atoms with Gasteiger partial charge in [0.05, 0.1) is 0 Å². The van der Waals surface area contributed by atoms with Crippen molar-refractivity contribution in [3.63, 3.8) is 0 Å². The van der Waals surface area contributed by atoms with Gasteiger partial charge < -0.3 is 9.47 Å². The molecular weight excluding hydrogens is 406 g/mol. The maximum absolute atomic E-state index is 12.7. The minimum absolute atomic E-state index is 0.132. The van der Waals surface area contributed by atoms with E-state index in [1.165, 1.54) is 11.1 Å². The number of benzene rings is 2. The summed E-state index contributed by atoms with van der Waals surface area (Å²) in [6.07, 6.45) is 1.82. The van der Waals surface area contributed by atoms with E-state index in [9.17, 15) is 4.79 Å². The van der Waals surface area contributed by atoms with E-state index >= 15 is 0 Å². The molecule has 0 aromatic heterocycles. The summed E-state index contributed by atoms with van der Waals surface area (Å²) in [5.41, 5.74) is 3.22. The zero-order chi connectivity index (χ0) is 18.8. The molecule has 4 nitrogen and oxygen atoms in total. The van der Waals surface area contributed by atoms with Crippen molar-refractivity contribution in [3.8, 4) is 11.5 Å². The number of ketones is 1. The molecule has 0 saturated carbocycles. The van der Waals surface area contributed by atoms with Gasteiger partial charge in [-0.2, -0.15) is 0 Å². The van der Waals surface area contributed by atoms with Gasteiger partial charge in [-0.3, -0.25) is 9.69 Å². The lowest BCUT2D eigenvalue weighted by Gasteiger charge is -2.32. The van der Waals surface area contributed by atoms with Crippen LogP contribution in [0.25, 0.3) is 0 Å². The van der Waals surface area contributed by atoms with Gasteiger partial charge in [-0.1, -0.05) is 45.8 Å². The van der Waals surface area contributed by atoms with Crippen LogP contribution in [0.5, 0.6) is 11.5 Å². The van der Waals surface area contributed by atoms with Gasteiger partial charge in [-0.05, 0) is 50.6 Å². The molecule has 2 aromatic carbocycles. The van der Waals surface area contributed by atoms with Crippen LogP contribution in [0.4, 0.5) is 0 Å². The second-order valence-electron chi connectivity index (χ2n) is 7.37. The molecular formula is C22H24BrNO3. The van der Waals surface area contributed by atoms with Crippen LogP contribution < -0.4 is 9.47 Å². The van der Waals surface area contributed by atoms with Crippen LogP contribution in [-0.4, -0.2) is 37.0 Å². The van der Waals surface area contributed by atoms with Crippen molar-refractivity contribution >= 4 is 21.7 Å². The number of aryl methyl sites for hydroxylation is 1. The highest BCUT2D eigenvalue weighted by Gasteiger charge is 2.26. The molecule has 0 unspecified atom stereocenters. The van der Waals surface area contributed by atoms with Crippen LogP contribution >= 0.6 is 15.9 Å². The van der Waals surface area contributed by atoms with E-state index in [2.05, 4.69) is 26.9 Å². The maximum atomic E-state index is 12.7. The van der Waals surface area contributed by atoms with Gasteiger partial charge in [0.1, 0.15) is 13.2 Å². The number of ether oxygens (including phenoxy) is 2. The Morgan fingerprint density at radius 1 is 1.07 bits per heavy atom. The third kappa shape index (κ3) is 4.19. The van der Waals surface area contributed by atoms with Gasteiger partial charge >= 0.3 is 0 Å². The standard InChI is InChI=1S/C22H24BrNO3/c1-15-2-4-16(5-3-15)22(25)17-6-8-24(9-7-17)14-18-12-20-21(13-19(18)23)27-11-10-26-20/h2-5,12-13,17H,6-11,14H2,1H3. The third-order valence-electron chi connectivity index (χ3n) is 5.40. The number of carbonyl (C=O) groups excluding carboxylic acids is 1. The fourth-order valence-electron chi connectivity index (χ4n) is 3.77. The summed E-state index contributed by atoms with van der Waals surface area (Å²) in [5.74, 6) is 2.05. The number of hydrogen-bond donors (Lipinski definition) is 0. The Bertz CT molecular complexity index is 826. The third-order valence-corrected chi connectivity index (χ3v) is 6.14. The Kier molecular flexibility index (Phi) is 5.50. The van der Waals surface area contributed by atoms with E-state index in [1.54, 1.807) is 0 Å². The number of Topliss-reactive ketones (excluding diaryl/α,β-unsaturated/α-hetero) is 1. The van der Waals surface area contributed by atoms with Crippen LogP contribution in [-0.2, 0) is 6.54 Å². The maximum Gasteiger partial charge on any atom is 0.166 e. The SMILES string of the molecule is Cc1ccc(C(=O)C2CCN(Cc3cc4c(cc3Br)OCCO4)CC2)cc1. The minimum atomic E-state index is 0.132. The Balaban J connectivity index is 1.37. The highest BCUT2D eigenvalue weighted by atomic mass is 79.9. The van der Waals surface area contributed by atoms with Gasteiger partial charge in [0.15, 0.2) is 17.3 Å². The highest BCUT2D eigenvalue weighted by molar-refractivity contribution is 9.10. The normalized spacial score (nSPS) is 17.7. The fraction of sp³-hybridized carbons (Fsp3) is 0.409. The summed E-state index contributed by atoms with van der Waals surface area (Å²) in [7, 11) is 0. The number of rotatable bonds is 4. The minimum Gasteiger partial charge on any atom is -0.486 e. The number of halogens is 1. The van der Waals surface area contributed by atoms with Gasteiger partial charge in [-0.15, -0.1) is 0 Å². The lowest BCUT2D eigenvalue weighted by atomic mass is 9.88. The first kappa shape index (κ1) is 18.5. The zero-order valence-corrected chi connectivity index (χ0v) is 17.1. The van der Waals surface area contributed by atoms with Crippen molar-refractivity contribution in [2.45, 2.75) is 26.3 Å². The highest BCUT2D eigenvalue weighted by Crippen LogP contribution is 2.36. The number of hydrogen-bond acceptors (Lipinski definition) is 4. The molecule has 2 aliphatic heterocycles. The molecule has 1 saturated heterocycles. The molecule has 0 atom stereocenters. The van der Waals surface area contributed by atoms with E-state index in [4.69, 9.17) is 9.47 Å². The second kappa shape index (κ2) is 8.03. The molecule has 4 rings (SSSR count). The number of nitrogens with zero attached hydrogens (tertiary/aromatic N) is 1. The van der Waals surface area contributed by atoms with Crippen LogP contribution in [0.15, 0.2) is 40.9 Å². The molecule has 0 amide bonds. The predicted octanol–water partition coefficient (Wildman–Crippen LogP) is 4.62. The van der Waals surface area contributed by atoms with Gasteiger partial charge in [0.25, 0.3) is 0 Å². The van der Waals surface area contributed by atoms with Crippen molar-refractivity contribution in [2.24, 2.45) is 5.92 Å². The molecule has 2 heterocycles. The average Bonchev–Trinajstić information content (AvgIpc) is 2.69. The van der Waals surface area contributed by atoms with Crippen LogP contribution in [0.1, 0.15) is 34.3 Å². The molecule has 0 radical (unpaired) electrons. The quantitative estimate of drug-likeness (QED) is 0.664. The summed E-state index contributed by atoms with van der Waals surface area (Å²) in [6.45, 7) is 5.96. The molecule has 2 aliphatic rings. The number of likely N-dealkylation sites (tertiary alicyclic amines) is 1. The van der Waals surface area contributed by atoms with Crippen molar-refractivity contribution in [3.05, 3.63) is 57.6 Å². The lowest BCUT2D eigenvalue weighted by Crippen LogP contribution is -2.36. The summed E-state index contributed by atoms with van der Waals surface area (Å²) >= 11 is 3.66. The van der Waals surface area contributed by atoms with Crippen molar-refractivity contribution in [1.29, 1.82) is 0 Å². The zero-order valence-electron chi connectivity index (χ0n) is 15.5. The summed E-state index contributed by atoms with van der Waals surface area (Å²) in [5, 5.41) is 0. The van der Waals surface area contributed by atoms with E-state index < -0.39 is 0 Å². The summed E-state index contributed by atoms with van der Waals surface area (Å²) < 4.78 is 12.4. The van der Waals surface area contributed by atoms with Gasteiger partial charge in [0.2, 0.25) is 0 Å². The van der Waals surface area contributed by atoms with Crippen molar-refractivity contribution in [1.82, 2.24) is 4.90 Å². The van der Waals surface area contributed by atoms with E-state index in [0.717, 1.165) is 54.0 Å². The molecule has 2 aromatic rings. The van der Waals surface area contributed by atoms with E-state index in [1.807, 2.05) is 37.3 Å². The Morgan fingerprint density at radius 3 is 2.37 bits per heavy atom. The lowest BCUT2D eigenvalue weighted by molar-refractivity contribution is 0.0834. The largest absolute Gasteiger partial charge is 0.486 e. The Labute approximate surface area is 168 Å². The number of carbonyl (C=O) groups is 1. The summed E-state index contributed by atoms with van der Waals surface area (Å²) in [4.78, 5) is 15.1. The molecule has 0 N–H and O–H groups in total. The molecule has 27 heavy (non-hydrogen) atoms. The molecule has 0 bridgehead atoms. The van der Waals surface area contributed by atoms with Crippen molar-refractivity contribution in [2.75, 3.05) is 26.3 Å². The molecule has 0 spiro atoms. The first-order valence-electron chi connectivity index (χ1n) is 9.51. The summed E-state index contributed by atoms with van der Waals surface area (Å²) in [6, 6.07) is 12.0. The monoisotopic (exact) mass is 429 g/mol. The predicted molar refractivity (Wildman–Crippen MR) is 109 cm³/mol. The fourth-order valence-corrected chi connectivity index (χ4v) is 4.22. The first-order chi connectivity index (χ1) is 13.1. The number of piperidine rings is 1.